The number of aliphatic carboxylic acids is 1. The number of carbonyl (C=O) groups excluding carboxylic acids is 2. The van der Waals surface area contributed by atoms with Crippen molar-refractivity contribution in [3.8, 4) is 5.75 Å². The monoisotopic (exact) mass is 415 g/mol. The summed E-state index contributed by atoms with van der Waals surface area (Å²) in [5.41, 5.74) is 7.45. The van der Waals surface area contributed by atoms with E-state index in [2.05, 4.69) is 10.6 Å². The molecule has 0 heterocycles. The fourth-order valence-corrected chi connectivity index (χ4v) is 2.77. The van der Waals surface area contributed by atoms with E-state index in [4.69, 9.17) is 15.9 Å². The number of amides is 2. The molecule has 160 valence electrons. The summed E-state index contributed by atoms with van der Waals surface area (Å²) in [6.07, 6.45) is 0.294. The largest absolute Gasteiger partial charge is 0.508 e. The van der Waals surface area contributed by atoms with Crippen LogP contribution in [0.2, 0.25) is 0 Å². The molecule has 9 heteroatoms. The maximum absolute atomic E-state index is 12.6. The van der Waals surface area contributed by atoms with Crippen LogP contribution in [0.1, 0.15) is 11.1 Å². The van der Waals surface area contributed by atoms with Crippen LogP contribution < -0.4 is 16.4 Å². The molecule has 0 aliphatic carbocycles. The van der Waals surface area contributed by atoms with Gasteiger partial charge in [-0.25, -0.2) is 4.79 Å². The molecule has 9 nitrogen and oxygen atoms in total. The molecule has 2 aromatic carbocycles. The number of nitrogens with two attached hydrogens (primary N) is 1. The summed E-state index contributed by atoms with van der Waals surface area (Å²) in [5, 5.41) is 32.4. The minimum atomic E-state index is -1.50. The Hall–Kier alpha value is -3.43. The van der Waals surface area contributed by atoms with Gasteiger partial charge < -0.3 is 31.7 Å². The highest BCUT2D eigenvalue weighted by molar-refractivity contribution is 5.92. The van der Waals surface area contributed by atoms with Crippen molar-refractivity contribution in [2.24, 2.45) is 5.73 Å². The summed E-state index contributed by atoms with van der Waals surface area (Å²) in [6, 6.07) is 11.6. The molecule has 2 rings (SSSR count). The molecule has 0 spiro atoms. The van der Waals surface area contributed by atoms with Crippen molar-refractivity contribution in [1.82, 2.24) is 10.6 Å². The first kappa shape index (κ1) is 22.9. The Bertz CT molecular complexity index is 857. The van der Waals surface area contributed by atoms with Gasteiger partial charge in [-0.05, 0) is 29.7 Å². The zero-order valence-electron chi connectivity index (χ0n) is 16.2. The van der Waals surface area contributed by atoms with Crippen molar-refractivity contribution in [3.05, 3.63) is 65.7 Å². The lowest BCUT2D eigenvalue weighted by atomic mass is 10.0. The molecule has 0 aliphatic rings. The Morgan fingerprint density at radius 3 is 1.97 bits per heavy atom. The van der Waals surface area contributed by atoms with Crippen LogP contribution in [0.25, 0.3) is 0 Å². The summed E-state index contributed by atoms with van der Waals surface area (Å²) in [5.74, 6) is -2.71. The van der Waals surface area contributed by atoms with Crippen molar-refractivity contribution < 1.29 is 29.7 Å². The molecule has 30 heavy (non-hydrogen) atoms. The van der Waals surface area contributed by atoms with Crippen molar-refractivity contribution in [2.45, 2.75) is 31.0 Å². The van der Waals surface area contributed by atoms with Gasteiger partial charge in [0.05, 0.1) is 12.6 Å². The number of hydrogen-bond donors (Lipinski definition) is 6. The number of carboxylic acid groups (broad SMARTS) is 1. The van der Waals surface area contributed by atoms with Gasteiger partial charge in [-0.15, -0.1) is 0 Å². The lowest BCUT2D eigenvalue weighted by molar-refractivity contribution is -0.143. The number of rotatable bonds is 10. The van der Waals surface area contributed by atoms with Crippen molar-refractivity contribution in [3.63, 3.8) is 0 Å². The highest BCUT2D eigenvalue weighted by atomic mass is 16.4. The van der Waals surface area contributed by atoms with Crippen molar-refractivity contribution >= 4 is 17.8 Å². The predicted octanol–water partition coefficient (Wildman–Crippen LogP) is -0.449. The molecule has 0 fully saturated rings. The van der Waals surface area contributed by atoms with Gasteiger partial charge in [0.2, 0.25) is 11.8 Å². The van der Waals surface area contributed by atoms with E-state index in [1.165, 1.54) is 12.1 Å². The molecule has 0 aliphatic heterocycles. The Balaban J connectivity index is 2.12. The molecular weight excluding hydrogens is 390 g/mol. The highest BCUT2D eigenvalue weighted by Gasteiger charge is 2.28. The number of aromatic hydroxyl groups is 1. The number of phenols is 1. The fraction of sp³-hybridized carbons (Fsp3) is 0.286. The molecule has 0 saturated heterocycles. The Morgan fingerprint density at radius 1 is 0.833 bits per heavy atom. The predicted molar refractivity (Wildman–Crippen MR) is 109 cm³/mol. The van der Waals surface area contributed by atoms with E-state index in [-0.39, 0.29) is 18.6 Å². The van der Waals surface area contributed by atoms with Crippen LogP contribution in [-0.4, -0.2) is 57.8 Å². The number of carbonyl (C=O) groups is 3. The Kier molecular flexibility index (Phi) is 8.33. The van der Waals surface area contributed by atoms with Gasteiger partial charge in [0.25, 0.3) is 0 Å². The second kappa shape index (κ2) is 10.9. The van der Waals surface area contributed by atoms with Crippen LogP contribution in [0.3, 0.4) is 0 Å². The first-order valence-corrected chi connectivity index (χ1v) is 9.32. The average molecular weight is 415 g/mol. The first-order valence-electron chi connectivity index (χ1n) is 9.32. The zero-order valence-corrected chi connectivity index (χ0v) is 16.2. The first-order chi connectivity index (χ1) is 14.3. The molecule has 3 atom stereocenters. The van der Waals surface area contributed by atoms with Crippen molar-refractivity contribution in [2.75, 3.05) is 6.61 Å². The zero-order chi connectivity index (χ0) is 22.1. The summed E-state index contributed by atoms with van der Waals surface area (Å²) >= 11 is 0. The summed E-state index contributed by atoms with van der Waals surface area (Å²) in [6.45, 7) is -0.797. The normalized spacial score (nSPS) is 13.7. The molecular formula is C21H25N3O6. The third-order valence-corrected chi connectivity index (χ3v) is 4.44. The average Bonchev–Trinajstić information content (AvgIpc) is 2.73. The molecule has 0 aromatic heterocycles. The highest BCUT2D eigenvalue weighted by Crippen LogP contribution is 2.12. The Morgan fingerprint density at radius 2 is 1.40 bits per heavy atom. The van der Waals surface area contributed by atoms with E-state index < -0.39 is 42.5 Å². The van der Waals surface area contributed by atoms with E-state index in [1.807, 2.05) is 30.3 Å². The minimum absolute atomic E-state index is 0.0354. The molecule has 7 N–H and O–H groups in total. The Labute approximate surface area is 173 Å². The van der Waals surface area contributed by atoms with E-state index in [9.17, 15) is 19.5 Å². The molecule has 2 aromatic rings. The van der Waals surface area contributed by atoms with Gasteiger partial charge in [-0.2, -0.15) is 0 Å². The van der Waals surface area contributed by atoms with Crippen LogP contribution in [0.5, 0.6) is 5.75 Å². The topological polar surface area (TPSA) is 162 Å². The number of aliphatic hydroxyl groups excluding tert-OH is 1. The van der Waals surface area contributed by atoms with Crippen LogP contribution in [0.15, 0.2) is 54.6 Å². The molecule has 2 amide bonds. The number of nitrogens with one attached hydrogen (secondary N) is 2. The van der Waals surface area contributed by atoms with Gasteiger partial charge in [0.15, 0.2) is 0 Å². The van der Waals surface area contributed by atoms with E-state index in [0.717, 1.165) is 5.56 Å². The standard InChI is InChI=1S/C21H25N3O6/c22-16(10-13-4-2-1-3-5-13)19(27)23-17(11-14-6-8-15(26)9-7-14)20(28)24-18(12-25)21(29)30/h1-9,16-18,25-26H,10-12,22H2,(H,23,27)(H,24,28)(H,29,30)/t16-,17-,18-/m0/s1. The van der Waals surface area contributed by atoms with Crippen LogP contribution in [-0.2, 0) is 27.2 Å². The van der Waals surface area contributed by atoms with Gasteiger partial charge in [0.1, 0.15) is 17.8 Å². The second-order valence-electron chi connectivity index (χ2n) is 6.81. The van der Waals surface area contributed by atoms with Crippen LogP contribution in [0.4, 0.5) is 0 Å². The number of carboxylic acids is 1. The van der Waals surface area contributed by atoms with E-state index in [1.54, 1.807) is 12.1 Å². The van der Waals surface area contributed by atoms with Crippen LogP contribution in [0, 0.1) is 0 Å². The summed E-state index contributed by atoms with van der Waals surface area (Å²) in [4.78, 5) is 36.3. The molecule has 0 bridgehead atoms. The third-order valence-electron chi connectivity index (χ3n) is 4.44. The fourth-order valence-electron chi connectivity index (χ4n) is 2.77. The number of aliphatic hydroxyl groups is 1. The van der Waals surface area contributed by atoms with Crippen molar-refractivity contribution in [1.29, 1.82) is 0 Å². The maximum atomic E-state index is 12.6. The number of benzene rings is 2. The maximum Gasteiger partial charge on any atom is 0.328 e. The van der Waals surface area contributed by atoms with E-state index in [0.29, 0.717) is 5.56 Å². The lowest BCUT2D eigenvalue weighted by Crippen LogP contribution is -2.56. The van der Waals surface area contributed by atoms with Crippen LogP contribution >= 0.6 is 0 Å². The smallest absolute Gasteiger partial charge is 0.328 e. The third kappa shape index (κ3) is 6.87. The minimum Gasteiger partial charge on any atom is -0.508 e. The van der Waals surface area contributed by atoms with Gasteiger partial charge in [0, 0.05) is 6.42 Å². The number of hydrogen-bond acceptors (Lipinski definition) is 6. The molecule has 0 radical (unpaired) electrons. The van der Waals surface area contributed by atoms with Gasteiger partial charge in [-0.3, -0.25) is 9.59 Å². The quantitative estimate of drug-likeness (QED) is 0.306. The lowest BCUT2D eigenvalue weighted by Gasteiger charge is -2.22. The number of phenolic OH excluding ortho intramolecular Hbond substituents is 1. The molecule has 0 saturated carbocycles. The summed E-state index contributed by atoms with van der Waals surface area (Å²) in [7, 11) is 0. The van der Waals surface area contributed by atoms with E-state index >= 15 is 0 Å². The molecule has 0 unspecified atom stereocenters. The van der Waals surface area contributed by atoms with Gasteiger partial charge in [-0.1, -0.05) is 42.5 Å². The SMILES string of the molecule is N[C@@H](Cc1ccccc1)C(=O)N[C@@H](Cc1ccc(O)cc1)C(=O)N[C@@H](CO)C(=O)O. The van der Waals surface area contributed by atoms with Gasteiger partial charge >= 0.3 is 5.97 Å². The summed E-state index contributed by atoms with van der Waals surface area (Å²) < 4.78 is 0. The second-order valence-corrected chi connectivity index (χ2v) is 6.81.